The van der Waals surface area contributed by atoms with Crippen LogP contribution in [-0.2, 0) is 9.53 Å². The summed E-state index contributed by atoms with van der Waals surface area (Å²) in [7, 11) is 4.58. The number of allylic oxidation sites excluding steroid dienone is 2. The molecule has 2 aliphatic rings. The highest BCUT2D eigenvalue weighted by Crippen LogP contribution is 2.49. The number of fused-ring (bicyclic) bond motifs is 2. The van der Waals surface area contributed by atoms with Gasteiger partial charge in [-0.1, -0.05) is 24.3 Å². The molecule has 4 rings (SSSR count). The molecule has 0 bridgehead atoms. The van der Waals surface area contributed by atoms with E-state index in [-0.39, 0.29) is 12.4 Å². The van der Waals surface area contributed by atoms with Gasteiger partial charge in [-0.25, -0.2) is 4.79 Å². The van der Waals surface area contributed by atoms with E-state index in [1.807, 2.05) is 25.1 Å². The zero-order chi connectivity index (χ0) is 23.0. The number of carbonyl (C=O) groups is 2. The lowest BCUT2D eigenvalue weighted by molar-refractivity contribution is -0.138. The van der Waals surface area contributed by atoms with Gasteiger partial charge in [-0.3, -0.25) is 4.79 Å². The van der Waals surface area contributed by atoms with Gasteiger partial charge in [-0.2, -0.15) is 0 Å². The number of dihydropyridines is 1. The second-order valence-corrected chi connectivity index (χ2v) is 7.44. The van der Waals surface area contributed by atoms with Crippen LogP contribution in [-0.4, -0.2) is 39.7 Å². The number of Topliss-reactive ketones (excluding diaryl/α,β-unsaturated/α-hetero) is 1. The lowest BCUT2D eigenvalue weighted by Gasteiger charge is -2.30. The molecule has 0 unspecified atom stereocenters. The second kappa shape index (κ2) is 8.42. The van der Waals surface area contributed by atoms with Gasteiger partial charge in [0, 0.05) is 28.3 Å². The Morgan fingerprint density at radius 3 is 2.19 bits per heavy atom. The molecule has 166 valence electrons. The fourth-order valence-corrected chi connectivity index (χ4v) is 4.41. The molecule has 2 aromatic rings. The predicted octanol–water partition coefficient (Wildman–Crippen LogP) is 3.84. The number of carbonyl (C=O) groups excluding carboxylic acids is 2. The summed E-state index contributed by atoms with van der Waals surface area (Å²) >= 11 is 0. The smallest absolute Gasteiger partial charge is 0.336 e. The Labute approximate surface area is 186 Å². The highest BCUT2D eigenvalue weighted by Gasteiger charge is 2.43. The summed E-state index contributed by atoms with van der Waals surface area (Å²) in [4.78, 5) is 26.6. The average Bonchev–Trinajstić information content (AvgIpc) is 3.08. The Bertz CT molecular complexity index is 1150. The molecule has 0 saturated heterocycles. The highest BCUT2D eigenvalue weighted by atomic mass is 16.5. The summed E-state index contributed by atoms with van der Waals surface area (Å²) in [5.74, 6) is 0.0284. The van der Waals surface area contributed by atoms with Crippen molar-refractivity contribution < 1.29 is 28.5 Å². The van der Waals surface area contributed by atoms with Gasteiger partial charge in [-0.15, -0.1) is 0 Å². The zero-order valence-electron chi connectivity index (χ0n) is 18.7. The fourth-order valence-electron chi connectivity index (χ4n) is 4.41. The summed E-state index contributed by atoms with van der Waals surface area (Å²) in [5, 5.41) is 3.28. The number of hydrogen-bond donors (Lipinski definition) is 1. The topological polar surface area (TPSA) is 83.1 Å². The monoisotopic (exact) mass is 435 g/mol. The predicted molar refractivity (Wildman–Crippen MR) is 119 cm³/mol. The standard InChI is InChI=1S/C25H25NO6/c1-6-32-25(28)19-13(2)26-22-15-9-7-8-10-16(15)23(27)21(22)20(19)14-11-17(29-3)24(31-5)18(12-14)30-4/h7-12,20,26H,6H2,1-5H3/t20-/m0/s1. The first-order valence-electron chi connectivity index (χ1n) is 10.3. The largest absolute Gasteiger partial charge is 0.493 e. The van der Waals surface area contributed by atoms with Crippen LogP contribution in [0.2, 0.25) is 0 Å². The Balaban J connectivity index is 1.98. The van der Waals surface area contributed by atoms with Crippen molar-refractivity contribution >= 4 is 17.4 Å². The van der Waals surface area contributed by atoms with Gasteiger partial charge in [0.15, 0.2) is 17.3 Å². The summed E-state index contributed by atoms with van der Waals surface area (Å²) in [5.41, 5.74) is 4.28. The quantitative estimate of drug-likeness (QED) is 0.690. The van der Waals surface area contributed by atoms with Crippen LogP contribution >= 0.6 is 0 Å². The first-order valence-corrected chi connectivity index (χ1v) is 10.3. The molecule has 0 fully saturated rings. The van der Waals surface area contributed by atoms with Crippen LogP contribution in [0.4, 0.5) is 0 Å². The Kier molecular flexibility index (Phi) is 5.65. The van der Waals surface area contributed by atoms with Crippen LogP contribution in [0.15, 0.2) is 53.2 Å². The molecule has 1 atom stereocenters. The maximum Gasteiger partial charge on any atom is 0.336 e. The highest BCUT2D eigenvalue weighted by molar-refractivity contribution is 6.23. The number of nitrogens with one attached hydrogen (secondary N) is 1. The number of esters is 1. The third-order valence-corrected chi connectivity index (χ3v) is 5.76. The average molecular weight is 435 g/mol. The molecule has 1 aliphatic carbocycles. The molecule has 1 heterocycles. The Morgan fingerprint density at radius 1 is 1.00 bits per heavy atom. The molecule has 0 spiro atoms. The van der Waals surface area contributed by atoms with Crippen molar-refractivity contribution in [2.75, 3.05) is 27.9 Å². The minimum atomic E-state index is -0.668. The van der Waals surface area contributed by atoms with Crippen molar-refractivity contribution in [2.24, 2.45) is 0 Å². The van der Waals surface area contributed by atoms with Crippen molar-refractivity contribution in [1.29, 1.82) is 0 Å². The molecule has 2 aromatic carbocycles. The lowest BCUT2D eigenvalue weighted by atomic mass is 9.79. The van der Waals surface area contributed by atoms with Crippen molar-refractivity contribution in [1.82, 2.24) is 5.32 Å². The molecule has 1 N–H and O–H groups in total. The van der Waals surface area contributed by atoms with Crippen LogP contribution in [0.1, 0.15) is 41.3 Å². The number of ketones is 1. The molecule has 7 nitrogen and oxygen atoms in total. The third kappa shape index (κ3) is 3.21. The Hall–Kier alpha value is -3.74. The van der Waals surface area contributed by atoms with Crippen LogP contribution in [0.5, 0.6) is 17.2 Å². The molecule has 0 aromatic heterocycles. The van der Waals surface area contributed by atoms with E-state index in [4.69, 9.17) is 18.9 Å². The Morgan fingerprint density at radius 2 is 1.62 bits per heavy atom. The van der Waals surface area contributed by atoms with E-state index in [9.17, 15) is 9.59 Å². The van der Waals surface area contributed by atoms with Crippen LogP contribution in [0.3, 0.4) is 0 Å². The number of rotatable bonds is 6. The number of hydrogen-bond acceptors (Lipinski definition) is 7. The van der Waals surface area contributed by atoms with Gasteiger partial charge in [0.25, 0.3) is 0 Å². The zero-order valence-corrected chi connectivity index (χ0v) is 18.7. The van der Waals surface area contributed by atoms with E-state index < -0.39 is 11.9 Å². The van der Waals surface area contributed by atoms with Gasteiger partial charge in [0.1, 0.15) is 0 Å². The summed E-state index contributed by atoms with van der Waals surface area (Å²) < 4.78 is 21.9. The molecule has 32 heavy (non-hydrogen) atoms. The number of methoxy groups -OCH3 is 3. The first-order chi connectivity index (χ1) is 15.5. The maximum absolute atomic E-state index is 13.5. The van der Waals surface area contributed by atoms with Gasteiger partial charge in [-0.05, 0) is 31.5 Å². The van der Waals surface area contributed by atoms with Gasteiger partial charge < -0.3 is 24.3 Å². The van der Waals surface area contributed by atoms with Gasteiger partial charge in [0.2, 0.25) is 5.75 Å². The third-order valence-electron chi connectivity index (χ3n) is 5.76. The summed E-state index contributed by atoms with van der Waals surface area (Å²) in [6.45, 7) is 3.78. The summed E-state index contributed by atoms with van der Waals surface area (Å²) in [6.07, 6.45) is 0. The minimum absolute atomic E-state index is 0.129. The van der Waals surface area contributed by atoms with E-state index in [1.54, 1.807) is 25.1 Å². The van der Waals surface area contributed by atoms with Crippen molar-refractivity contribution in [3.63, 3.8) is 0 Å². The van der Waals surface area contributed by atoms with E-state index >= 15 is 0 Å². The molecular weight excluding hydrogens is 410 g/mol. The van der Waals surface area contributed by atoms with Crippen molar-refractivity contribution in [3.8, 4) is 17.2 Å². The van der Waals surface area contributed by atoms with Gasteiger partial charge in [0.05, 0.1) is 39.2 Å². The van der Waals surface area contributed by atoms with E-state index in [1.165, 1.54) is 21.3 Å². The van der Waals surface area contributed by atoms with Crippen LogP contribution < -0.4 is 19.5 Å². The first kappa shape index (κ1) is 21.5. The number of benzene rings is 2. The molecule has 0 radical (unpaired) electrons. The molecular formula is C25H25NO6. The van der Waals surface area contributed by atoms with E-state index in [2.05, 4.69) is 5.32 Å². The minimum Gasteiger partial charge on any atom is -0.493 e. The molecule has 0 amide bonds. The molecule has 0 saturated carbocycles. The SMILES string of the molecule is CCOC(=O)C1=C(C)NC2=C(C(=O)c3ccccc32)[C@H]1c1cc(OC)c(OC)c(OC)c1. The van der Waals surface area contributed by atoms with E-state index in [0.717, 1.165) is 5.56 Å². The molecule has 7 heteroatoms. The maximum atomic E-state index is 13.5. The van der Waals surface area contributed by atoms with Crippen LogP contribution in [0, 0.1) is 0 Å². The van der Waals surface area contributed by atoms with Crippen molar-refractivity contribution in [2.45, 2.75) is 19.8 Å². The van der Waals surface area contributed by atoms with Crippen molar-refractivity contribution in [3.05, 3.63) is 69.9 Å². The number of ether oxygens (including phenoxy) is 4. The second-order valence-electron chi connectivity index (χ2n) is 7.44. The van der Waals surface area contributed by atoms with Gasteiger partial charge >= 0.3 is 5.97 Å². The summed E-state index contributed by atoms with van der Waals surface area (Å²) in [6, 6.07) is 10.9. The molecule has 1 aliphatic heterocycles. The van der Waals surface area contributed by atoms with E-state index in [0.29, 0.717) is 50.9 Å². The lowest BCUT2D eigenvalue weighted by Crippen LogP contribution is -2.29. The normalized spacial score (nSPS) is 16.9. The fraction of sp³-hybridized carbons (Fsp3) is 0.280. The van der Waals surface area contributed by atoms with Crippen LogP contribution in [0.25, 0.3) is 5.70 Å².